The van der Waals surface area contributed by atoms with Gasteiger partial charge in [-0.15, -0.1) is 11.3 Å². The first-order valence-corrected chi connectivity index (χ1v) is 7.98. The maximum absolute atomic E-state index is 12.1. The Balaban J connectivity index is 1.90. The molecule has 0 saturated carbocycles. The molecule has 0 spiro atoms. The number of thiazole rings is 1. The van der Waals surface area contributed by atoms with Crippen LogP contribution >= 0.6 is 11.3 Å². The van der Waals surface area contributed by atoms with Gasteiger partial charge in [-0.3, -0.25) is 4.79 Å². The van der Waals surface area contributed by atoms with Gasteiger partial charge >= 0.3 is 5.97 Å². The van der Waals surface area contributed by atoms with Crippen molar-refractivity contribution in [2.75, 3.05) is 7.05 Å². The molecule has 2 aromatic rings. The molecule has 0 aliphatic heterocycles. The molecule has 0 atom stereocenters. The molecular weight excluding hydrogens is 300 g/mol. The van der Waals surface area contributed by atoms with Crippen molar-refractivity contribution in [1.82, 2.24) is 9.88 Å². The summed E-state index contributed by atoms with van der Waals surface area (Å²) in [5, 5.41) is 10.2. The van der Waals surface area contributed by atoms with E-state index in [4.69, 9.17) is 5.11 Å². The van der Waals surface area contributed by atoms with E-state index in [0.717, 1.165) is 21.6 Å². The number of amides is 1. The highest BCUT2D eigenvalue weighted by molar-refractivity contribution is 7.18. The number of benzene rings is 1. The van der Waals surface area contributed by atoms with E-state index in [1.807, 2.05) is 24.3 Å². The predicted molar refractivity (Wildman–Crippen MR) is 87.0 cm³/mol. The van der Waals surface area contributed by atoms with Gasteiger partial charge in [0.25, 0.3) is 0 Å². The molecule has 0 radical (unpaired) electrons. The minimum Gasteiger partial charge on any atom is -0.480 e. The Morgan fingerprint density at radius 1 is 1.32 bits per heavy atom. The summed E-state index contributed by atoms with van der Waals surface area (Å²) in [6.45, 7) is 3.06. The number of nitrogens with zero attached hydrogens (tertiary/aromatic N) is 2. The number of rotatable bonds is 6. The summed E-state index contributed by atoms with van der Waals surface area (Å²) < 4.78 is 1.15. The van der Waals surface area contributed by atoms with Crippen molar-refractivity contribution in [1.29, 1.82) is 0 Å². The zero-order valence-corrected chi connectivity index (χ0v) is 13.8. The molecule has 2 rings (SSSR count). The van der Waals surface area contributed by atoms with Gasteiger partial charge in [-0.1, -0.05) is 12.1 Å². The van der Waals surface area contributed by atoms with Gasteiger partial charge in [0.2, 0.25) is 5.91 Å². The lowest BCUT2D eigenvalue weighted by Gasteiger charge is -2.31. The first kappa shape index (κ1) is 16.4. The van der Waals surface area contributed by atoms with Gasteiger partial charge in [0.1, 0.15) is 5.54 Å². The fourth-order valence-electron chi connectivity index (χ4n) is 2.04. The number of para-hydroxylation sites is 1. The summed E-state index contributed by atoms with van der Waals surface area (Å²) in [4.78, 5) is 29.1. The van der Waals surface area contributed by atoms with Crippen LogP contribution in [0.15, 0.2) is 24.3 Å². The van der Waals surface area contributed by atoms with Crippen LogP contribution in [0.3, 0.4) is 0 Å². The topological polar surface area (TPSA) is 70.5 Å². The van der Waals surface area contributed by atoms with Crippen molar-refractivity contribution < 1.29 is 14.7 Å². The predicted octanol–water partition coefficient (Wildman–Crippen LogP) is 2.94. The number of carboxylic acids is 1. The Hall–Kier alpha value is -1.95. The van der Waals surface area contributed by atoms with E-state index in [0.29, 0.717) is 12.8 Å². The van der Waals surface area contributed by atoms with Crippen LogP contribution in [-0.2, 0) is 16.0 Å². The molecule has 0 aliphatic carbocycles. The highest BCUT2D eigenvalue weighted by Crippen LogP contribution is 2.23. The molecule has 0 aliphatic rings. The number of hydrogen-bond acceptors (Lipinski definition) is 4. The summed E-state index contributed by atoms with van der Waals surface area (Å²) in [7, 11) is 1.54. The zero-order chi connectivity index (χ0) is 16.3. The Kier molecular flexibility index (Phi) is 4.81. The largest absolute Gasteiger partial charge is 0.480 e. The lowest BCUT2D eigenvalue weighted by molar-refractivity contribution is -0.155. The molecule has 5 nitrogen and oxygen atoms in total. The highest BCUT2D eigenvalue weighted by atomic mass is 32.1. The fraction of sp³-hybridized carbons (Fsp3) is 0.438. The molecule has 0 unspecified atom stereocenters. The molecule has 1 amide bonds. The Labute approximate surface area is 133 Å². The molecule has 1 aromatic carbocycles. The number of aryl methyl sites for hydroxylation is 1. The smallest absolute Gasteiger partial charge is 0.329 e. The van der Waals surface area contributed by atoms with Crippen LogP contribution in [0.5, 0.6) is 0 Å². The SMILES string of the molecule is CN(C(=O)CCCc1nc2ccccc2s1)C(C)(C)C(=O)O. The van der Waals surface area contributed by atoms with Crippen LogP contribution < -0.4 is 0 Å². The minimum atomic E-state index is -1.19. The molecule has 0 saturated heterocycles. The van der Waals surface area contributed by atoms with E-state index in [9.17, 15) is 9.59 Å². The lowest BCUT2D eigenvalue weighted by atomic mass is 10.0. The molecule has 118 valence electrons. The quantitative estimate of drug-likeness (QED) is 0.888. The van der Waals surface area contributed by atoms with Gasteiger partial charge in [0.05, 0.1) is 15.2 Å². The van der Waals surface area contributed by atoms with E-state index in [2.05, 4.69) is 4.98 Å². The van der Waals surface area contributed by atoms with Crippen LogP contribution in [-0.4, -0.2) is 39.5 Å². The molecule has 0 bridgehead atoms. The third-order valence-electron chi connectivity index (χ3n) is 3.86. The third kappa shape index (κ3) is 3.44. The minimum absolute atomic E-state index is 0.159. The van der Waals surface area contributed by atoms with Gasteiger partial charge in [-0.2, -0.15) is 0 Å². The van der Waals surface area contributed by atoms with Crippen molar-refractivity contribution in [3.63, 3.8) is 0 Å². The van der Waals surface area contributed by atoms with E-state index >= 15 is 0 Å². The second kappa shape index (κ2) is 6.44. The first-order valence-electron chi connectivity index (χ1n) is 7.17. The Morgan fingerprint density at radius 2 is 2.00 bits per heavy atom. The van der Waals surface area contributed by atoms with Gasteiger partial charge in [-0.25, -0.2) is 9.78 Å². The second-order valence-electron chi connectivity index (χ2n) is 5.75. The summed E-state index contributed by atoms with van der Waals surface area (Å²) in [6.07, 6.45) is 1.72. The number of aromatic nitrogens is 1. The van der Waals surface area contributed by atoms with Crippen molar-refractivity contribution in [2.24, 2.45) is 0 Å². The van der Waals surface area contributed by atoms with Gasteiger partial charge in [0.15, 0.2) is 0 Å². The number of carbonyl (C=O) groups is 2. The number of likely N-dealkylation sites (N-methyl/N-ethyl adjacent to an activating group) is 1. The Bertz CT molecular complexity index is 661. The highest BCUT2D eigenvalue weighted by Gasteiger charge is 2.34. The summed E-state index contributed by atoms with van der Waals surface area (Å²) in [5.41, 5.74) is -0.203. The number of carboxylic acid groups (broad SMARTS) is 1. The van der Waals surface area contributed by atoms with E-state index in [1.165, 1.54) is 25.8 Å². The molecule has 0 fully saturated rings. The summed E-state index contributed by atoms with van der Waals surface area (Å²) in [5.74, 6) is -1.16. The number of aliphatic carboxylic acids is 1. The zero-order valence-electron chi connectivity index (χ0n) is 13.0. The number of hydrogen-bond donors (Lipinski definition) is 1. The molecular formula is C16H20N2O3S. The average molecular weight is 320 g/mol. The van der Waals surface area contributed by atoms with Crippen molar-refractivity contribution in [3.05, 3.63) is 29.3 Å². The van der Waals surface area contributed by atoms with Gasteiger partial charge in [0, 0.05) is 13.5 Å². The molecule has 1 N–H and O–H groups in total. The monoisotopic (exact) mass is 320 g/mol. The standard InChI is InChI=1S/C16H20N2O3S/c1-16(2,15(20)21)18(3)14(19)10-6-9-13-17-11-7-4-5-8-12(11)22-13/h4-5,7-8H,6,9-10H2,1-3H3,(H,20,21). The fourth-order valence-corrected chi connectivity index (χ4v) is 3.05. The van der Waals surface area contributed by atoms with E-state index in [1.54, 1.807) is 11.3 Å². The van der Waals surface area contributed by atoms with Gasteiger partial charge < -0.3 is 10.0 Å². The maximum atomic E-state index is 12.1. The first-order chi connectivity index (χ1) is 10.3. The lowest BCUT2D eigenvalue weighted by Crippen LogP contribution is -2.50. The van der Waals surface area contributed by atoms with Crippen LogP contribution in [0.25, 0.3) is 10.2 Å². The van der Waals surface area contributed by atoms with Crippen molar-refractivity contribution in [3.8, 4) is 0 Å². The Morgan fingerprint density at radius 3 is 2.64 bits per heavy atom. The van der Waals surface area contributed by atoms with Crippen LogP contribution in [0, 0.1) is 0 Å². The molecule has 1 aromatic heterocycles. The van der Waals surface area contributed by atoms with Crippen LogP contribution in [0.4, 0.5) is 0 Å². The maximum Gasteiger partial charge on any atom is 0.329 e. The van der Waals surface area contributed by atoms with E-state index in [-0.39, 0.29) is 5.91 Å². The normalized spacial score (nSPS) is 11.6. The summed E-state index contributed by atoms with van der Waals surface area (Å²) in [6, 6.07) is 7.95. The van der Waals surface area contributed by atoms with Crippen LogP contribution in [0.1, 0.15) is 31.7 Å². The number of fused-ring (bicyclic) bond motifs is 1. The molecule has 1 heterocycles. The molecule has 22 heavy (non-hydrogen) atoms. The van der Waals surface area contributed by atoms with E-state index < -0.39 is 11.5 Å². The number of carbonyl (C=O) groups excluding carboxylic acids is 1. The van der Waals surface area contributed by atoms with Gasteiger partial charge in [-0.05, 0) is 38.8 Å². The van der Waals surface area contributed by atoms with Crippen molar-refractivity contribution in [2.45, 2.75) is 38.6 Å². The average Bonchev–Trinajstić information content (AvgIpc) is 2.88. The van der Waals surface area contributed by atoms with Crippen molar-refractivity contribution >= 4 is 33.4 Å². The third-order valence-corrected chi connectivity index (χ3v) is 4.95. The van der Waals surface area contributed by atoms with Crippen LogP contribution in [0.2, 0.25) is 0 Å². The second-order valence-corrected chi connectivity index (χ2v) is 6.86. The molecule has 6 heteroatoms. The summed E-state index contributed by atoms with van der Waals surface area (Å²) >= 11 is 1.64.